The van der Waals surface area contributed by atoms with Crippen molar-refractivity contribution in [2.75, 3.05) is 16.8 Å². The van der Waals surface area contributed by atoms with Crippen LogP contribution in [0.3, 0.4) is 0 Å². The average molecular weight is 437 g/mol. The summed E-state index contributed by atoms with van der Waals surface area (Å²) < 4.78 is 5.78. The zero-order valence-electron chi connectivity index (χ0n) is 17.9. The maximum Gasteiger partial charge on any atom is 0.277 e. The van der Waals surface area contributed by atoms with E-state index < -0.39 is 5.25 Å². The van der Waals surface area contributed by atoms with Gasteiger partial charge < -0.3 is 9.73 Å². The van der Waals surface area contributed by atoms with Gasteiger partial charge in [-0.15, -0.1) is 10.2 Å². The van der Waals surface area contributed by atoms with E-state index >= 15 is 0 Å². The molecule has 0 saturated carbocycles. The monoisotopic (exact) mass is 436 g/mol. The van der Waals surface area contributed by atoms with Gasteiger partial charge in [0.25, 0.3) is 5.22 Å². The van der Waals surface area contributed by atoms with E-state index in [9.17, 15) is 9.59 Å². The Hall–Kier alpha value is -3.13. The van der Waals surface area contributed by atoms with Gasteiger partial charge in [-0.1, -0.05) is 56.8 Å². The van der Waals surface area contributed by atoms with Crippen LogP contribution in [0.4, 0.5) is 11.4 Å². The van der Waals surface area contributed by atoms with Crippen LogP contribution >= 0.6 is 11.8 Å². The summed E-state index contributed by atoms with van der Waals surface area (Å²) in [6, 6.07) is 15.3. The minimum Gasteiger partial charge on any atom is -0.411 e. The van der Waals surface area contributed by atoms with Gasteiger partial charge in [0.15, 0.2) is 0 Å². The van der Waals surface area contributed by atoms with Crippen LogP contribution in [-0.2, 0) is 15.0 Å². The first kappa shape index (κ1) is 21.1. The second-order valence-corrected chi connectivity index (χ2v) is 9.74. The van der Waals surface area contributed by atoms with Crippen LogP contribution in [0.25, 0.3) is 11.5 Å². The van der Waals surface area contributed by atoms with Crippen LogP contribution < -0.4 is 10.2 Å². The van der Waals surface area contributed by atoms with Crippen molar-refractivity contribution in [1.82, 2.24) is 10.2 Å². The van der Waals surface area contributed by atoms with Crippen molar-refractivity contribution in [2.24, 2.45) is 0 Å². The third kappa shape index (κ3) is 4.49. The average Bonchev–Trinajstić information content (AvgIpc) is 3.20. The lowest BCUT2D eigenvalue weighted by atomic mass is 9.87. The summed E-state index contributed by atoms with van der Waals surface area (Å²) in [7, 11) is 0. The highest BCUT2D eigenvalue weighted by Gasteiger charge is 2.31. The van der Waals surface area contributed by atoms with E-state index in [1.165, 1.54) is 22.2 Å². The number of carbonyl (C=O) groups excluding carboxylic acids is 2. The first-order valence-electron chi connectivity index (χ1n) is 10.0. The second-order valence-electron chi connectivity index (χ2n) is 8.45. The molecule has 1 unspecified atom stereocenters. The molecular formula is C23H24N4O3S. The fourth-order valence-corrected chi connectivity index (χ4v) is 4.08. The van der Waals surface area contributed by atoms with Gasteiger partial charge in [-0.25, -0.2) is 0 Å². The molecule has 1 aliphatic rings. The maximum absolute atomic E-state index is 13.1. The molecule has 31 heavy (non-hydrogen) atoms. The van der Waals surface area contributed by atoms with Gasteiger partial charge in [0, 0.05) is 5.56 Å². The Morgan fingerprint density at radius 1 is 1.13 bits per heavy atom. The van der Waals surface area contributed by atoms with Crippen molar-refractivity contribution in [1.29, 1.82) is 0 Å². The quantitative estimate of drug-likeness (QED) is 0.606. The van der Waals surface area contributed by atoms with Gasteiger partial charge >= 0.3 is 0 Å². The van der Waals surface area contributed by atoms with E-state index in [0.29, 0.717) is 22.5 Å². The molecule has 8 heteroatoms. The normalized spacial score (nSPS) is 14.7. The molecular weight excluding hydrogens is 412 g/mol. The number of fused-ring (bicyclic) bond motifs is 1. The predicted molar refractivity (Wildman–Crippen MR) is 121 cm³/mol. The van der Waals surface area contributed by atoms with Gasteiger partial charge in [0.1, 0.15) is 6.54 Å². The van der Waals surface area contributed by atoms with Gasteiger partial charge in [-0.2, -0.15) is 0 Å². The molecule has 0 fully saturated rings. The highest BCUT2D eigenvalue weighted by atomic mass is 32.2. The Morgan fingerprint density at radius 2 is 1.84 bits per heavy atom. The number of carbonyl (C=O) groups is 2. The molecule has 1 aromatic heterocycles. The molecule has 0 spiro atoms. The number of nitrogens with zero attached hydrogens (tertiary/aromatic N) is 3. The summed E-state index contributed by atoms with van der Waals surface area (Å²) in [6.45, 7) is 8.23. The van der Waals surface area contributed by atoms with Crippen molar-refractivity contribution in [3.05, 3.63) is 54.1 Å². The maximum atomic E-state index is 13.1. The Balaban J connectivity index is 1.48. The molecule has 0 bridgehead atoms. The van der Waals surface area contributed by atoms with Gasteiger partial charge in [0.05, 0.1) is 16.6 Å². The van der Waals surface area contributed by atoms with Crippen molar-refractivity contribution in [3.63, 3.8) is 0 Å². The van der Waals surface area contributed by atoms with Crippen molar-refractivity contribution in [2.45, 2.75) is 43.6 Å². The molecule has 7 nitrogen and oxygen atoms in total. The zero-order valence-corrected chi connectivity index (χ0v) is 18.7. The van der Waals surface area contributed by atoms with Crippen LogP contribution in [0.2, 0.25) is 0 Å². The van der Waals surface area contributed by atoms with E-state index in [4.69, 9.17) is 4.42 Å². The molecule has 4 rings (SSSR count). The molecule has 2 heterocycles. The minimum atomic E-state index is -0.504. The molecule has 2 aromatic carbocycles. The zero-order chi connectivity index (χ0) is 22.2. The van der Waals surface area contributed by atoms with Gasteiger partial charge in [-0.3, -0.25) is 14.5 Å². The molecule has 160 valence electrons. The smallest absolute Gasteiger partial charge is 0.277 e. The number of anilines is 2. The number of thioether (sulfide) groups is 1. The van der Waals surface area contributed by atoms with Crippen molar-refractivity contribution < 1.29 is 14.0 Å². The molecule has 1 N–H and O–H groups in total. The lowest BCUT2D eigenvalue weighted by molar-refractivity contribution is -0.121. The summed E-state index contributed by atoms with van der Waals surface area (Å²) in [5, 5.41) is 10.8. The number of benzene rings is 2. The molecule has 1 atom stereocenters. The van der Waals surface area contributed by atoms with E-state index in [1.807, 2.05) is 30.3 Å². The fraction of sp³-hybridized carbons (Fsp3) is 0.304. The Kier molecular flexibility index (Phi) is 5.58. The van der Waals surface area contributed by atoms with E-state index in [1.54, 1.807) is 13.0 Å². The minimum absolute atomic E-state index is 0.0179. The number of hydrogen-bond donors (Lipinski definition) is 1. The predicted octanol–water partition coefficient (Wildman–Crippen LogP) is 4.50. The summed E-state index contributed by atoms with van der Waals surface area (Å²) in [6.07, 6.45) is 0. The molecule has 2 amide bonds. The lowest BCUT2D eigenvalue weighted by Crippen LogP contribution is -2.45. The third-order valence-corrected chi connectivity index (χ3v) is 5.99. The Labute approximate surface area is 185 Å². The summed E-state index contributed by atoms with van der Waals surface area (Å²) >= 11 is 1.18. The Bertz CT molecular complexity index is 1120. The molecule has 3 aromatic rings. The molecule has 0 radical (unpaired) electrons. The summed E-state index contributed by atoms with van der Waals surface area (Å²) in [5.41, 5.74) is 3.42. The van der Waals surface area contributed by atoms with Crippen LogP contribution in [-0.4, -0.2) is 33.8 Å². The summed E-state index contributed by atoms with van der Waals surface area (Å²) in [5.74, 6) is -0.00471. The number of nitrogens with one attached hydrogen (secondary N) is 1. The SMILES string of the molecule is CC(Sc1nnc(-c2ccc(C(C)(C)C)cc2)o1)C(=O)N1CC(=O)Nc2ccccc21. The van der Waals surface area contributed by atoms with Crippen molar-refractivity contribution >= 4 is 35.0 Å². The number of rotatable bonds is 4. The van der Waals surface area contributed by atoms with Crippen LogP contribution in [0, 0.1) is 0 Å². The first-order valence-corrected chi connectivity index (χ1v) is 10.9. The largest absolute Gasteiger partial charge is 0.411 e. The van der Waals surface area contributed by atoms with Gasteiger partial charge in [-0.05, 0) is 42.2 Å². The first-order chi connectivity index (χ1) is 14.7. The Morgan fingerprint density at radius 3 is 2.55 bits per heavy atom. The van der Waals surface area contributed by atoms with Crippen LogP contribution in [0.1, 0.15) is 33.3 Å². The fourth-order valence-electron chi connectivity index (χ4n) is 3.34. The summed E-state index contributed by atoms with van der Waals surface area (Å²) in [4.78, 5) is 26.6. The number of hydrogen-bond acceptors (Lipinski definition) is 6. The van der Waals surface area contributed by atoms with Crippen LogP contribution in [0.5, 0.6) is 0 Å². The number of amides is 2. The van der Waals surface area contributed by atoms with Gasteiger partial charge in [0.2, 0.25) is 17.7 Å². The topological polar surface area (TPSA) is 88.3 Å². The lowest BCUT2D eigenvalue weighted by Gasteiger charge is -2.30. The van der Waals surface area contributed by atoms with Crippen LogP contribution in [0.15, 0.2) is 58.2 Å². The molecule has 0 aliphatic carbocycles. The molecule has 1 aliphatic heterocycles. The van der Waals surface area contributed by atoms with E-state index in [0.717, 1.165) is 5.56 Å². The standard InChI is InChI=1S/C23H24N4O3S/c1-14(21(29)27-13-19(28)24-17-7-5-6-8-18(17)27)31-22-26-25-20(30-22)15-9-11-16(12-10-15)23(2,3)4/h5-12,14H,13H2,1-4H3,(H,24,28). The number of aromatic nitrogens is 2. The molecule has 0 saturated heterocycles. The van der Waals surface area contributed by atoms with Crippen molar-refractivity contribution in [3.8, 4) is 11.5 Å². The highest BCUT2D eigenvalue weighted by molar-refractivity contribution is 8.00. The highest BCUT2D eigenvalue weighted by Crippen LogP contribution is 2.33. The second kappa shape index (κ2) is 8.19. The third-order valence-electron chi connectivity index (χ3n) is 5.07. The van der Waals surface area contributed by atoms with E-state index in [-0.39, 0.29) is 23.8 Å². The van der Waals surface area contributed by atoms with E-state index in [2.05, 4.69) is 48.4 Å². The number of para-hydroxylation sites is 2.